The van der Waals surface area contributed by atoms with Crippen LogP contribution in [0.5, 0.6) is 5.75 Å². The van der Waals surface area contributed by atoms with E-state index in [0.29, 0.717) is 0 Å². The van der Waals surface area contributed by atoms with Gasteiger partial charge in [0.05, 0.1) is 7.11 Å². The van der Waals surface area contributed by atoms with Crippen LogP contribution in [-0.2, 0) is 9.53 Å². The number of hydrogen-bond acceptors (Lipinski definition) is 4. The van der Waals surface area contributed by atoms with Gasteiger partial charge in [-0.1, -0.05) is 6.07 Å². The van der Waals surface area contributed by atoms with Gasteiger partial charge in [-0.05, 0) is 25.0 Å². The van der Waals surface area contributed by atoms with Crippen LogP contribution >= 0.6 is 0 Å². The molecular weight excluding hydrogens is 256 g/mol. The van der Waals surface area contributed by atoms with Crippen molar-refractivity contribution in [3.05, 3.63) is 29.8 Å². The number of esters is 1. The topological polar surface area (TPSA) is 47.6 Å². The maximum Gasteiger partial charge on any atom is 0.326 e. The van der Waals surface area contributed by atoms with Gasteiger partial charge in [0.2, 0.25) is 0 Å². The zero-order chi connectivity index (χ0) is 13.8. The number of nitrogens with one attached hydrogen (secondary N) is 1. The number of methoxy groups -OCH3 is 1. The van der Waals surface area contributed by atoms with Gasteiger partial charge in [-0.3, -0.25) is 10.1 Å². The van der Waals surface area contributed by atoms with Crippen molar-refractivity contribution in [2.24, 2.45) is 0 Å². The highest BCUT2D eigenvalue weighted by atomic mass is 19.1. The summed E-state index contributed by atoms with van der Waals surface area (Å²) < 4.78 is 36.4. The molecule has 1 unspecified atom stereocenters. The molecule has 0 bridgehead atoms. The van der Waals surface area contributed by atoms with E-state index in [9.17, 15) is 13.6 Å². The van der Waals surface area contributed by atoms with E-state index >= 15 is 0 Å². The third-order valence-electron chi connectivity index (χ3n) is 2.81. The Morgan fingerprint density at radius 1 is 1.42 bits per heavy atom. The molecule has 6 heteroatoms. The Morgan fingerprint density at radius 3 is 2.58 bits per heavy atom. The minimum atomic E-state index is -0.796. The summed E-state index contributed by atoms with van der Waals surface area (Å²) >= 11 is 0. The van der Waals surface area contributed by atoms with Gasteiger partial charge in [0.25, 0.3) is 0 Å². The average molecular weight is 271 g/mol. The SMILES string of the molecule is COC(=O)C(COc1c(F)cccc1F)NC1CC1. The van der Waals surface area contributed by atoms with E-state index in [-0.39, 0.29) is 12.6 Å². The quantitative estimate of drug-likeness (QED) is 0.799. The minimum absolute atomic E-state index is 0.180. The van der Waals surface area contributed by atoms with Crippen LogP contribution in [0.1, 0.15) is 12.8 Å². The van der Waals surface area contributed by atoms with Crippen LogP contribution in [0.2, 0.25) is 0 Å². The van der Waals surface area contributed by atoms with E-state index in [2.05, 4.69) is 10.1 Å². The van der Waals surface area contributed by atoms with Crippen molar-refractivity contribution in [3.63, 3.8) is 0 Å². The maximum absolute atomic E-state index is 13.4. The largest absolute Gasteiger partial charge is 0.485 e. The number of halogens is 2. The second-order valence-corrected chi connectivity index (χ2v) is 4.38. The Hall–Kier alpha value is -1.69. The number of para-hydroxylation sites is 1. The molecule has 4 nitrogen and oxygen atoms in total. The van der Waals surface area contributed by atoms with E-state index in [1.54, 1.807) is 0 Å². The molecule has 1 aromatic carbocycles. The first kappa shape index (κ1) is 13.7. The summed E-state index contributed by atoms with van der Waals surface area (Å²) in [6, 6.07) is 2.96. The fraction of sp³-hybridized carbons (Fsp3) is 0.462. The van der Waals surface area contributed by atoms with E-state index in [1.165, 1.54) is 13.2 Å². The zero-order valence-electron chi connectivity index (χ0n) is 10.5. The smallest absolute Gasteiger partial charge is 0.326 e. The van der Waals surface area contributed by atoms with E-state index in [4.69, 9.17) is 4.74 Å². The van der Waals surface area contributed by atoms with Crippen molar-refractivity contribution in [1.82, 2.24) is 5.32 Å². The molecule has 0 spiro atoms. The van der Waals surface area contributed by atoms with Crippen molar-refractivity contribution >= 4 is 5.97 Å². The number of rotatable bonds is 6. The molecule has 1 fully saturated rings. The highest BCUT2D eigenvalue weighted by molar-refractivity contribution is 5.75. The fourth-order valence-electron chi connectivity index (χ4n) is 1.65. The zero-order valence-corrected chi connectivity index (χ0v) is 10.5. The summed E-state index contributed by atoms with van der Waals surface area (Å²) in [6.07, 6.45) is 1.95. The second kappa shape index (κ2) is 5.97. The molecule has 0 radical (unpaired) electrons. The second-order valence-electron chi connectivity index (χ2n) is 4.38. The predicted molar refractivity (Wildman–Crippen MR) is 63.8 cm³/mol. The summed E-state index contributed by atoms with van der Waals surface area (Å²) in [5.74, 6) is -2.58. The third kappa shape index (κ3) is 3.64. The number of benzene rings is 1. The summed E-state index contributed by atoms with van der Waals surface area (Å²) in [5.41, 5.74) is 0. The Labute approximate surface area is 109 Å². The monoisotopic (exact) mass is 271 g/mol. The molecule has 1 atom stereocenters. The van der Waals surface area contributed by atoms with Gasteiger partial charge in [0.15, 0.2) is 17.4 Å². The van der Waals surface area contributed by atoms with Crippen molar-refractivity contribution < 1.29 is 23.0 Å². The number of hydrogen-bond donors (Lipinski definition) is 1. The lowest BCUT2D eigenvalue weighted by molar-refractivity contribution is -0.144. The number of ether oxygens (including phenoxy) is 2. The molecule has 1 aliphatic carbocycles. The Morgan fingerprint density at radius 2 is 2.05 bits per heavy atom. The normalized spacial score (nSPS) is 15.9. The van der Waals surface area contributed by atoms with E-state index < -0.39 is 29.4 Å². The van der Waals surface area contributed by atoms with Gasteiger partial charge in [0.1, 0.15) is 12.6 Å². The van der Waals surface area contributed by atoms with Gasteiger partial charge in [-0.25, -0.2) is 8.78 Å². The average Bonchev–Trinajstić information content (AvgIpc) is 3.19. The first-order valence-corrected chi connectivity index (χ1v) is 6.02. The maximum atomic E-state index is 13.4. The lowest BCUT2D eigenvalue weighted by Crippen LogP contribution is -2.43. The van der Waals surface area contributed by atoms with Crippen LogP contribution in [0.4, 0.5) is 8.78 Å². The molecule has 1 saturated carbocycles. The molecule has 104 valence electrons. The van der Waals surface area contributed by atoms with Crippen LogP contribution in [0.15, 0.2) is 18.2 Å². The Kier molecular flexibility index (Phi) is 4.31. The van der Waals surface area contributed by atoms with Gasteiger partial charge < -0.3 is 9.47 Å². The minimum Gasteiger partial charge on any atom is -0.485 e. The number of carbonyl (C=O) groups is 1. The van der Waals surface area contributed by atoms with Crippen molar-refractivity contribution in [2.45, 2.75) is 24.9 Å². The first-order valence-electron chi connectivity index (χ1n) is 6.02. The highest BCUT2D eigenvalue weighted by Crippen LogP contribution is 2.22. The van der Waals surface area contributed by atoms with E-state index in [1.807, 2.05) is 0 Å². The first-order chi connectivity index (χ1) is 9.11. The molecule has 19 heavy (non-hydrogen) atoms. The number of carbonyl (C=O) groups excluding carboxylic acids is 1. The molecule has 2 rings (SSSR count). The lowest BCUT2D eigenvalue weighted by atomic mass is 10.3. The summed E-state index contributed by atoms with van der Waals surface area (Å²) in [6.45, 7) is -0.180. The molecule has 1 aromatic rings. The molecule has 0 aliphatic heterocycles. The van der Waals surface area contributed by atoms with Gasteiger partial charge in [0, 0.05) is 6.04 Å². The van der Waals surface area contributed by atoms with Crippen molar-refractivity contribution in [1.29, 1.82) is 0 Å². The fourth-order valence-corrected chi connectivity index (χ4v) is 1.65. The highest BCUT2D eigenvalue weighted by Gasteiger charge is 2.29. The Bertz CT molecular complexity index is 443. The third-order valence-corrected chi connectivity index (χ3v) is 2.81. The van der Waals surface area contributed by atoms with Crippen molar-refractivity contribution in [2.75, 3.05) is 13.7 Å². The Balaban J connectivity index is 1.99. The van der Waals surface area contributed by atoms with Crippen LogP contribution in [-0.4, -0.2) is 31.8 Å². The molecule has 0 heterocycles. The van der Waals surface area contributed by atoms with Gasteiger partial charge >= 0.3 is 5.97 Å². The molecule has 0 saturated heterocycles. The molecule has 0 amide bonds. The lowest BCUT2D eigenvalue weighted by Gasteiger charge is -2.17. The van der Waals surface area contributed by atoms with Crippen LogP contribution in [0.25, 0.3) is 0 Å². The van der Waals surface area contributed by atoms with Crippen LogP contribution < -0.4 is 10.1 Å². The van der Waals surface area contributed by atoms with Crippen LogP contribution in [0.3, 0.4) is 0 Å². The van der Waals surface area contributed by atoms with E-state index in [0.717, 1.165) is 25.0 Å². The summed E-state index contributed by atoms with van der Waals surface area (Å²) in [4.78, 5) is 11.5. The predicted octanol–water partition coefficient (Wildman–Crippen LogP) is 1.64. The van der Waals surface area contributed by atoms with Crippen LogP contribution in [0, 0.1) is 11.6 Å². The summed E-state index contributed by atoms with van der Waals surface area (Å²) in [7, 11) is 1.26. The molecule has 1 aliphatic rings. The molecule has 1 N–H and O–H groups in total. The molecular formula is C13H15F2NO3. The molecule has 0 aromatic heterocycles. The standard InChI is InChI=1S/C13H15F2NO3/c1-18-13(17)11(16-8-5-6-8)7-19-12-9(14)3-2-4-10(12)15/h2-4,8,11,16H,5-7H2,1H3. The van der Waals surface area contributed by atoms with Crippen molar-refractivity contribution in [3.8, 4) is 5.75 Å². The van der Waals surface area contributed by atoms with Gasteiger partial charge in [-0.15, -0.1) is 0 Å². The van der Waals surface area contributed by atoms with Gasteiger partial charge in [-0.2, -0.15) is 0 Å². The summed E-state index contributed by atoms with van der Waals surface area (Å²) in [5, 5.41) is 3.01.